The fraction of sp³-hybridized carbons (Fsp3) is 0.667. The summed E-state index contributed by atoms with van der Waals surface area (Å²) in [4.78, 5) is 2.71. The Balaban J connectivity index is 1.90. The third kappa shape index (κ3) is 4.32. The number of nitrogens with zero attached hydrogens (tertiary/aromatic N) is 1. The molecule has 112 valence electrons. The molecule has 0 saturated heterocycles. The van der Waals surface area contributed by atoms with Gasteiger partial charge in [0.1, 0.15) is 0 Å². The van der Waals surface area contributed by atoms with E-state index < -0.39 is 0 Å². The van der Waals surface area contributed by atoms with Crippen molar-refractivity contribution in [2.75, 3.05) is 20.1 Å². The molecule has 0 aromatic heterocycles. The first-order chi connectivity index (χ1) is 9.76. The first kappa shape index (κ1) is 15.5. The van der Waals surface area contributed by atoms with Crippen LogP contribution in [0.4, 0.5) is 0 Å². The van der Waals surface area contributed by atoms with E-state index in [2.05, 4.69) is 55.4 Å². The summed E-state index contributed by atoms with van der Waals surface area (Å²) in [5, 5.41) is 3.50. The molecule has 2 rings (SSSR count). The third-order valence-electron chi connectivity index (χ3n) is 4.48. The maximum Gasteiger partial charge on any atom is 0.0332 e. The van der Waals surface area contributed by atoms with Crippen LogP contribution < -0.4 is 5.32 Å². The van der Waals surface area contributed by atoms with E-state index in [-0.39, 0.29) is 0 Å². The molecule has 1 atom stereocenters. The van der Waals surface area contributed by atoms with Crippen molar-refractivity contribution >= 4 is 0 Å². The molecule has 0 aliphatic heterocycles. The lowest BCUT2D eigenvalue weighted by molar-refractivity contribution is 0.245. The lowest BCUT2D eigenvalue weighted by Crippen LogP contribution is -2.31. The van der Waals surface area contributed by atoms with Crippen LogP contribution >= 0.6 is 0 Å². The summed E-state index contributed by atoms with van der Waals surface area (Å²) in [6.45, 7) is 7.01. The Morgan fingerprint density at radius 1 is 1.25 bits per heavy atom. The van der Waals surface area contributed by atoms with Gasteiger partial charge in [-0.25, -0.2) is 0 Å². The van der Waals surface area contributed by atoms with Gasteiger partial charge in [-0.2, -0.15) is 0 Å². The average molecular weight is 274 g/mol. The minimum Gasteiger partial charge on any atom is -0.313 e. The Morgan fingerprint density at radius 2 is 2.00 bits per heavy atom. The number of aryl methyl sites for hydroxylation is 1. The van der Waals surface area contributed by atoms with E-state index >= 15 is 0 Å². The van der Waals surface area contributed by atoms with Crippen LogP contribution in [0.25, 0.3) is 0 Å². The van der Waals surface area contributed by atoms with Crippen LogP contribution in [-0.4, -0.2) is 31.1 Å². The number of rotatable bonds is 9. The second-order valence-corrected chi connectivity index (χ2v) is 6.11. The highest BCUT2D eigenvalue weighted by Gasteiger charge is 2.28. The molecule has 0 spiro atoms. The van der Waals surface area contributed by atoms with Crippen LogP contribution in [0.5, 0.6) is 0 Å². The summed E-state index contributed by atoms with van der Waals surface area (Å²) in [7, 11) is 2.09. The van der Waals surface area contributed by atoms with Crippen LogP contribution in [-0.2, 0) is 0 Å². The van der Waals surface area contributed by atoms with E-state index in [0.717, 1.165) is 6.04 Å². The van der Waals surface area contributed by atoms with Gasteiger partial charge in [-0.3, -0.25) is 0 Å². The molecular weight excluding hydrogens is 244 g/mol. The second kappa shape index (κ2) is 7.80. The molecule has 1 aliphatic carbocycles. The topological polar surface area (TPSA) is 15.3 Å². The molecule has 1 saturated carbocycles. The monoisotopic (exact) mass is 274 g/mol. The molecule has 0 amide bonds. The lowest BCUT2D eigenvalue weighted by Gasteiger charge is -2.25. The van der Waals surface area contributed by atoms with Gasteiger partial charge in [0.05, 0.1) is 0 Å². The molecule has 1 aliphatic rings. The van der Waals surface area contributed by atoms with Gasteiger partial charge in [0.25, 0.3) is 0 Å². The zero-order valence-corrected chi connectivity index (χ0v) is 13.4. The molecule has 2 nitrogen and oxygen atoms in total. The first-order valence-electron chi connectivity index (χ1n) is 8.23. The van der Waals surface area contributed by atoms with Crippen molar-refractivity contribution in [2.45, 2.75) is 58.0 Å². The molecule has 0 radical (unpaired) electrons. The molecule has 20 heavy (non-hydrogen) atoms. The SMILES string of the molecule is CCCCN(CCC(NC)c1ccccc1C)C1CC1. The van der Waals surface area contributed by atoms with Crippen molar-refractivity contribution in [3.63, 3.8) is 0 Å². The maximum atomic E-state index is 3.50. The molecule has 0 bridgehead atoms. The van der Waals surface area contributed by atoms with Gasteiger partial charge in [0.15, 0.2) is 0 Å². The van der Waals surface area contributed by atoms with Crippen molar-refractivity contribution < 1.29 is 0 Å². The molecule has 0 heterocycles. The van der Waals surface area contributed by atoms with Crippen LogP contribution in [0.3, 0.4) is 0 Å². The van der Waals surface area contributed by atoms with Gasteiger partial charge in [-0.05, 0) is 57.3 Å². The maximum absolute atomic E-state index is 3.50. The number of unbranched alkanes of at least 4 members (excludes halogenated alkanes) is 1. The number of nitrogens with one attached hydrogen (secondary N) is 1. The lowest BCUT2D eigenvalue weighted by atomic mass is 9.98. The van der Waals surface area contributed by atoms with Gasteiger partial charge in [0, 0.05) is 18.6 Å². The summed E-state index contributed by atoms with van der Waals surface area (Å²) in [6.07, 6.45) is 6.68. The minimum atomic E-state index is 0.485. The van der Waals surface area contributed by atoms with Crippen LogP contribution in [0, 0.1) is 6.92 Å². The third-order valence-corrected chi connectivity index (χ3v) is 4.48. The Bertz CT molecular complexity index is 398. The van der Waals surface area contributed by atoms with Crippen molar-refractivity contribution in [1.29, 1.82) is 0 Å². The Kier molecular flexibility index (Phi) is 6.06. The first-order valence-corrected chi connectivity index (χ1v) is 8.23. The van der Waals surface area contributed by atoms with E-state index in [1.54, 1.807) is 0 Å². The quantitative estimate of drug-likeness (QED) is 0.734. The van der Waals surface area contributed by atoms with Crippen molar-refractivity contribution in [2.24, 2.45) is 0 Å². The highest BCUT2D eigenvalue weighted by Crippen LogP contribution is 2.29. The molecule has 1 unspecified atom stereocenters. The van der Waals surface area contributed by atoms with Gasteiger partial charge in [-0.15, -0.1) is 0 Å². The number of benzene rings is 1. The highest BCUT2D eigenvalue weighted by atomic mass is 15.2. The predicted molar refractivity (Wildman–Crippen MR) is 87.1 cm³/mol. The van der Waals surface area contributed by atoms with Crippen LogP contribution in [0.1, 0.15) is 56.2 Å². The van der Waals surface area contributed by atoms with Gasteiger partial charge in [-0.1, -0.05) is 37.6 Å². The molecule has 1 fully saturated rings. The fourth-order valence-corrected chi connectivity index (χ4v) is 3.01. The summed E-state index contributed by atoms with van der Waals surface area (Å²) >= 11 is 0. The molecule has 1 N–H and O–H groups in total. The van der Waals surface area contributed by atoms with Crippen LogP contribution in [0.2, 0.25) is 0 Å². The van der Waals surface area contributed by atoms with E-state index in [0.29, 0.717) is 6.04 Å². The van der Waals surface area contributed by atoms with E-state index in [1.807, 2.05) is 0 Å². The van der Waals surface area contributed by atoms with Crippen molar-refractivity contribution in [3.8, 4) is 0 Å². The normalized spacial score (nSPS) is 16.6. The highest BCUT2D eigenvalue weighted by molar-refractivity contribution is 5.28. The summed E-state index contributed by atoms with van der Waals surface area (Å²) in [6, 6.07) is 10.1. The van der Waals surface area contributed by atoms with Gasteiger partial charge in [0.2, 0.25) is 0 Å². The molecular formula is C18H30N2. The fourth-order valence-electron chi connectivity index (χ4n) is 3.01. The Hall–Kier alpha value is -0.860. The van der Waals surface area contributed by atoms with E-state index in [1.165, 1.54) is 56.3 Å². The standard InChI is InChI=1S/C18H30N2/c1-4-5-13-20(16-10-11-16)14-12-18(19-3)17-9-7-6-8-15(17)2/h6-9,16,18-19H,4-5,10-14H2,1-3H3. The predicted octanol–water partition coefficient (Wildman–Crippen LogP) is 3.91. The minimum absolute atomic E-state index is 0.485. The number of hydrogen-bond acceptors (Lipinski definition) is 2. The summed E-state index contributed by atoms with van der Waals surface area (Å²) in [5.41, 5.74) is 2.86. The number of hydrogen-bond donors (Lipinski definition) is 1. The summed E-state index contributed by atoms with van der Waals surface area (Å²) < 4.78 is 0. The largest absolute Gasteiger partial charge is 0.313 e. The average Bonchev–Trinajstić information content (AvgIpc) is 3.29. The molecule has 1 aromatic rings. The summed E-state index contributed by atoms with van der Waals surface area (Å²) in [5.74, 6) is 0. The zero-order valence-electron chi connectivity index (χ0n) is 13.4. The Morgan fingerprint density at radius 3 is 2.60 bits per heavy atom. The Labute approximate surface area is 124 Å². The zero-order chi connectivity index (χ0) is 14.4. The van der Waals surface area contributed by atoms with Crippen molar-refractivity contribution in [3.05, 3.63) is 35.4 Å². The molecule has 2 heteroatoms. The smallest absolute Gasteiger partial charge is 0.0332 e. The van der Waals surface area contributed by atoms with E-state index in [4.69, 9.17) is 0 Å². The molecule has 1 aromatic carbocycles. The van der Waals surface area contributed by atoms with Gasteiger partial charge >= 0.3 is 0 Å². The van der Waals surface area contributed by atoms with E-state index in [9.17, 15) is 0 Å². The van der Waals surface area contributed by atoms with Crippen molar-refractivity contribution in [1.82, 2.24) is 10.2 Å². The second-order valence-electron chi connectivity index (χ2n) is 6.11. The van der Waals surface area contributed by atoms with Gasteiger partial charge < -0.3 is 10.2 Å². The van der Waals surface area contributed by atoms with Crippen LogP contribution in [0.15, 0.2) is 24.3 Å².